The van der Waals surface area contributed by atoms with Gasteiger partial charge in [-0.05, 0) is 31.6 Å². The smallest absolute Gasteiger partial charge is 0.0218 e. The minimum Gasteiger partial charge on any atom is -0.311 e. The molecule has 4 unspecified atom stereocenters. The van der Waals surface area contributed by atoms with E-state index in [9.17, 15) is 0 Å². The Hall–Kier alpha value is -0.0800. The molecule has 0 aromatic rings. The topological polar surface area (TPSA) is 15.3 Å². The molecule has 4 atom stereocenters. The summed E-state index contributed by atoms with van der Waals surface area (Å²) in [7, 11) is 0. The van der Waals surface area contributed by atoms with E-state index in [2.05, 4.69) is 37.9 Å². The third-order valence-corrected chi connectivity index (χ3v) is 4.83. The number of hydrogen-bond donors (Lipinski definition) is 1. The van der Waals surface area contributed by atoms with E-state index in [4.69, 9.17) is 0 Å². The summed E-state index contributed by atoms with van der Waals surface area (Å²) in [6.45, 7) is 11.9. The molecule has 0 aromatic heterocycles. The van der Waals surface area contributed by atoms with Crippen molar-refractivity contribution in [3.05, 3.63) is 0 Å². The van der Waals surface area contributed by atoms with Crippen molar-refractivity contribution in [2.24, 2.45) is 11.8 Å². The van der Waals surface area contributed by atoms with Crippen molar-refractivity contribution in [2.75, 3.05) is 13.1 Å². The third-order valence-electron chi connectivity index (χ3n) is 4.83. The van der Waals surface area contributed by atoms with Gasteiger partial charge < -0.3 is 5.32 Å². The lowest BCUT2D eigenvalue weighted by Crippen LogP contribution is -2.60. The first-order chi connectivity index (χ1) is 8.08. The molecule has 0 radical (unpaired) electrons. The molecule has 2 fully saturated rings. The van der Waals surface area contributed by atoms with Gasteiger partial charge in [0.25, 0.3) is 0 Å². The molecule has 1 aliphatic carbocycles. The van der Waals surface area contributed by atoms with Gasteiger partial charge in [-0.3, -0.25) is 4.90 Å². The number of hydrogen-bond acceptors (Lipinski definition) is 2. The summed E-state index contributed by atoms with van der Waals surface area (Å²) in [6.07, 6.45) is 5.74. The van der Waals surface area contributed by atoms with Crippen molar-refractivity contribution in [2.45, 2.75) is 71.5 Å². The Morgan fingerprint density at radius 3 is 2.59 bits per heavy atom. The van der Waals surface area contributed by atoms with Crippen LogP contribution in [0.1, 0.15) is 53.4 Å². The quantitative estimate of drug-likeness (QED) is 0.796. The van der Waals surface area contributed by atoms with Crippen LogP contribution in [0.3, 0.4) is 0 Å². The van der Waals surface area contributed by atoms with E-state index in [0.29, 0.717) is 6.04 Å². The molecule has 2 aliphatic rings. The maximum atomic E-state index is 3.71. The number of nitrogens with one attached hydrogen (secondary N) is 1. The van der Waals surface area contributed by atoms with Gasteiger partial charge in [0.2, 0.25) is 0 Å². The van der Waals surface area contributed by atoms with Gasteiger partial charge in [0.15, 0.2) is 0 Å². The number of nitrogens with zero attached hydrogens (tertiary/aromatic N) is 1. The second kappa shape index (κ2) is 5.71. The van der Waals surface area contributed by atoms with Gasteiger partial charge in [0.1, 0.15) is 0 Å². The first-order valence-electron chi connectivity index (χ1n) is 7.57. The van der Waals surface area contributed by atoms with Crippen molar-refractivity contribution < 1.29 is 0 Å². The highest BCUT2D eigenvalue weighted by molar-refractivity contribution is 4.90. The Kier molecular flexibility index (Phi) is 4.48. The monoisotopic (exact) mass is 238 g/mol. The fourth-order valence-corrected chi connectivity index (χ4v) is 3.57. The van der Waals surface area contributed by atoms with Crippen molar-refractivity contribution in [1.29, 1.82) is 0 Å². The van der Waals surface area contributed by atoms with Gasteiger partial charge in [-0.15, -0.1) is 0 Å². The normalized spacial score (nSPS) is 40.8. The molecule has 0 bridgehead atoms. The Balaban J connectivity index is 1.96. The molecule has 1 N–H and O–H groups in total. The van der Waals surface area contributed by atoms with E-state index in [-0.39, 0.29) is 0 Å². The fourth-order valence-electron chi connectivity index (χ4n) is 3.57. The average Bonchev–Trinajstić information content (AvgIpc) is 2.29. The third kappa shape index (κ3) is 3.23. The van der Waals surface area contributed by atoms with Gasteiger partial charge in [-0.2, -0.15) is 0 Å². The first-order valence-corrected chi connectivity index (χ1v) is 7.57. The minimum absolute atomic E-state index is 0.698. The van der Waals surface area contributed by atoms with Crippen LogP contribution in [0.2, 0.25) is 0 Å². The van der Waals surface area contributed by atoms with E-state index < -0.39 is 0 Å². The first kappa shape index (κ1) is 13.4. The summed E-state index contributed by atoms with van der Waals surface area (Å²) < 4.78 is 0. The molecule has 2 rings (SSSR count). The van der Waals surface area contributed by atoms with Gasteiger partial charge in [-0.25, -0.2) is 0 Å². The summed E-state index contributed by atoms with van der Waals surface area (Å²) in [4.78, 5) is 2.80. The Morgan fingerprint density at radius 2 is 1.94 bits per heavy atom. The summed E-state index contributed by atoms with van der Waals surface area (Å²) >= 11 is 0. The molecule has 2 nitrogen and oxygen atoms in total. The summed E-state index contributed by atoms with van der Waals surface area (Å²) in [5.41, 5.74) is 0. The van der Waals surface area contributed by atoms with Crippen LogP contribution in [0.15, 0.2) is 0 Å². The SMILES string of the molecule is CC1CCCC(N2CC(C(C)C)NCC2C)C1. The van der Waals surface area contributed by atoms with Crippen LogP contribution in [0.4, 0.5) is 0 Å². The predicted octanol–water partition coefficient (Wildman–Crippen LogP) is 2.88. The lowest BCUT2D eigenvalue weighted by molar-refractivity contribution is 0.0496. The Labute approximate surface area is 107 Å². The van der Waals surface area contributed by atoms with E-state index in [1.54, 1.807) is 0 Å². The molecular formula is C15H30N2. The molecule has 1 aliphatic heterocycles. The molecular weight excluding hydrogens is 208 g/mol. The summed E-state index contributed by atoms with van der Waals surface area (Å²) in [5, 5.41) is 3.71. The maximum absolute atomic E-state index is 3.71. The van der Waals surface area contributed by atoms with Crippen molar-refractivity contribution >= 4 is 0 Å². The maximum Gasteiger partial charge on any atom is 0.0218 e. The zero-order valence-electron chi connectivity index (χ0n) is 12.1. The van der Waals surface area contributed by atoms with E-state index in [0.717, 1.165) is 23.9 Å². The Morgan fingerprint density at radius 1 is 1.18 bits per heavy atom. The Bertz CT molecular complexity index is 239. The molecule has 2 heteroatoms. The second-order valence-corrected chi connectivity index (χ2v) is 6.73. The lowest BCUT2D eigenvalue weighted by Gasteiger charge is -2.46. The van der Waals surface area contributed by atoms with Crippen LogP contribution in [0, 0.1) is 11.8 Å². The van der Waals surface area contributed by atoms with Crippen LogP contribution in [-0.4, -0.2) is 36.1 Å². The van der Waals surface area contributed by atoms with Gasteiger partial charge >= 0.3 is 0 Å². The molecule has 1 saturated carbocycles. The van der Waals surface area contributed by atoms with E-state index in [1.807, 2.05) is 0 Å². The lowest BCUT2D eigenvalue weighted by atomic mass is 9.84. The van der Waals surface area contributed by atoms with Gasteiger partial charge in [-0.1, -0.05) is 33.6 Å². The van der Waals surface area contributed by atoms with Crippen LogP contribution < -0.4 is 5.32 Å². The van der Waals surface area contributed by atoms with E-state index >= 15 is 0 Å². The highest BCUT2D eigenvalue weighted by atomic mass is 15.3. The fraction of sp³-hybridized carbons (Fsp3) is 1.00. The van der Waals surface area contributed by atoms with E-state index in [1.165, 1.54) is 38.8 Å². The zero-order valence-corrected chi connectivity index (χ0v) is 12.1. The number of piperazine rings is 1. The van der Waals surface area contributed by atoms with Crippen LogP contribution >= 0.6 is 0 Å². The van der Waals surface area contributed by atoms with Crippen molar-refractivity contribution in [3.8, 4) is 0 Å². The van der Waals surface area contributed by atoms with Crippen LogP contribution in [0.5, 0.6) is 0 Å². The predicted molar refractivity (Wildman–Crippen MR) is 74.2 cm³/mol. The van der Waals surface area contributed by atoms with Crippen molar-refractivity contribution in [1.82, 2.24) is 10.2 Å². The molecule has 1 saturated heterocycles. The second-order valence-electron chi connectivity index (χ2n) is 6.73. The van der Waals surface area contributed by atoms with Gasteiger partial charge in [0, 0.05) is 31.2 Å². The molecule has 17 heavy (non-hydrogen) atoms. The van der Waals surface area contributed by atoms with Gasteiger partial charge in [0.05, 0.1) is 0 Å². The summed E-state index contributed by atoms with van der Waals surface area (Å²) in [6, 6.07) is 2.28. The largest absolute Gasteiger partial charge is 0.311 e. The molecule has 0 amide bonds. The number of rotatable bonds is 2. The van der Waals surface area contributed by atoms with Crippen molar-refractivity contribution in [3.63, 3.8) is 0 Å². The molecule has 100 valence electrons. The highest BCUT2D eigenvalue weighted by Crippen LogP contribution is 2.29. The average molecular weight is 238 g/mol. The molecule has 0 spiro atoms. The zero-order chi connectivity index (χ0) is 12.4. The molecule has 1 heterocycles. The van der Waals surface area contributed by atoms with Crippen LogP contribution in [0.25, 0.3) is 0 Å². The standard InChI is InChI=1S/C15H30N2/c1-11(2)15-10-17(13(4)9-16-15)14-7-5-6-12(3)8-14/h11-16H,5-10H2,1-4H3. The molecule has 0 aromatic carbocycles. The summed E-state index contributed by atoms with van der Waals surface area (Å²) in [5.74, 6) is 1.69. The minimum atomic E-state index is 0.698. The highest BCUT2D eigenvalue weighted by Gasteiger charge is 2.33. The van der Waals surface area contributed by atoms with Crippen LogP contribution in [-0.2, 0) is 0 Å².